The molecule has 0 heterocycles. The normalized spacial score (nSPS) is 17.0. The number of sulfonamides is 1. The molecule has 1 saturated carbocycles. The molecule has 0 aromatic heterocycles. The first-order valence-electron chi connectivity index (χ1n) is 7.47. The van der Waals surface area contributed by atoms with E-state index < -0.39 is 44.6 Å². The zero-order valence-corrected chi connectivity index (χ0v) is 13.9. The summed E-state index contributed by atoms with van der Waals surface area (Å²) in [5.74, 6) is -0.709. The summed E-state index contributed by atoms with van der Waals surface area (Å²) in [5.41, 5.74) is -2.10. The molecule has 0 unspecified atom stereocenters. The molecule has 1 fully saturated rings. The van der Waals surface area contributed by atoms with Gasteiger partial charge in [-0.3, -0.25) is 4.79 Å². The summed E-state index contributed by atoms with van der Waals surface area (Å²) < 4.78 is 64.1. The Bertz CT molecular complexity index is 794. The first kappa shape index (κ1) is 19.2. The van der Waals surface area contributed by atoms with Gasteiger partial charge < -0.3 is 5.32 Å². The molecule has 0 bridgehead atoms. The average molecular weight is 375 g/mol. The van der Waals surface area contributed by atoms with Crippen LogP contribution >= 0.6 is 0 Å². The van der Waals surface area contributed by atoms with Crippen molar-refractivity contribution in [1.29, 1.82) is 5.26 Å². The maximum Gasteiger partial charge on any atom is 0.416 e. The van der Waals surface area contributed by atoms with Crippen LogP contribution in [0.25, 0.3) is 0 Å². The van der Waals surface area contributed by atoms with Crippen LogP contribution < -0.4 is 10.0 Å². The van der Waals surface area contributed by atoms with Gasteiger partial charge in [0.1, 0.15) is 5.54 Å². The minimum atomic E-state index is -4.68. The lowest BCUT2D eigenvalue weighted by molar-refractivity contribution is -0.137. The predicted octanol–water partition coefficient (Wildman–Crippen LogP) is 1.94. The molecule has 1 aliphatic carbocycles. The van der Waals surface area contributed by atoms with Crippen LogP contribution in [0.15, 0.2) is 29.2 Å². The summed E-state index contributed by atoms with van der Waals surface area (Å²) in [6, 6.07) is 5.25. The summed E-state index contributed by atoms with van der Waals surface area (Å²) in [6.07, 6.45) is -2.15. The maximum absolute atomic E-state index is 12.7. The maximum atomic E-state index is 12.7. The van der Waals surface area contributed by atoms with Gasteiger partial charge in [0.25, 0.3) is 0 Å². The van der Waals surface area contributed by atoms with Gasteiger partial charge in [0, 0.05) is 0 Å². The number of rotatable bonds is 5. The van der Waals surface area contributed by atoms with E-state index in [1.54, 1.807) is 0 Å². The molecule has 0 aliphatic heterocycles. The van der Waals surface area contributed by atoms with Crippen LogP contribution in [-0.2, 0) is 21.0 Å². The fourth-order valence-corrected chi connectivity index (χ4v) is 3.67. The van der Waals surface area contributed by atoms with Crippen LogP contribution in [0, 0.1) is 11.3 Å². The van der Waals surface area contributed by atoms with Gasteiger partial charge in [-0.1, -0.05) is 6.07 Å². The van der Waals surface area contributed by atoms with Crippen molar-refractivity contribution in [3.8, 4) is 6.07 Å². The number of alkyl halides is 3. The third-order valence-electron chi connectivity index (χ3n) is 3.94. The Morgan fingerprint density at radius 1 is 1.28 bits per heavy atom. The molecule has 0 saturated heterocycles. The molecule has 1 aliphatic rings. The molecule has 10 heteroatoms. The highest BCUT2D eigenvalue weighted by molar-refractivity contribution is 7.89. The third kappa shape index (κ3) is 4.70. The van der Waals surface area contributed by atoms with E-state index >= 15 is 0 Å². The highest BCUT2D eigenvalue weighted by Gasteiger charge is 2.35. The number of benzene rings is 1. The molecule has 1 aromatic carbocycles. The Morgan fingerprint density at radius 3 is 2.48 bits per heavy atom. The second kappa shape index (κ2) is 7.01. The molecular weight excluding hydrogens is 359 g/mol. The molecule has 25 heavy (non-hydrogen) atoms. The fourth-order valence-electron chi connectivity index (χ4n) is 2.64. The van der Waals surface area contributed by atoms with Crippen molar-refractivity contribution in [2.24, 2.45) is 0 Å². The van der Waals surface area contributed by atoms with E-state index in [9.17, 15) is 26.4 Å². The van der Waals surface area contributed by atoms with Crippen LogP contribution in [0.1, 0.15) is 31.2 Å². The molecule has 2 rings (SSSR count). The van der Waals surface area contributed by atoms with Crippen molar-refractivity contribution in [2.45, 2.75) is 42.3 Å². The SMILES string of the molecule is N#CC1(NC(=O)CNS(=O)(=O)c2cccc(C(F)(F)F)c2)CCCC1. The topological polar surface area (TPSA) is 99.1 Å². The Morgan fingerprint density at radius 2 is 1.92 bits per heavy atom. The van der Waals surface area contributed by atoms with Crippen LogP contribution in [0.3, 0.4) is 0 Å². The van der Waals surface area contributed by atoms with Crippen molar-refractivity contribution in [1.82, 2.24) is 10.0 Å². The number of nitriles is 1. The molecule has 0 atom stereocenters. The minimum Gasteiger partial charge on any atom is -0.337 e. The van der Waals surface area contributed by atoms with E-state index in [0.29, 0.717) is 18.9 Å². The van der Waals surface area contributed by atoms with Gasteiger partial charge in [0.05, 0.1) is 23.1 Å². The number of carbonyl (C=O) groups excluding carboxylic acids is 1. The molecule has 0 radical (unpaired) electrons. The highest BCUT2D eigenvalue weighted by atomic mass is 32.2. The molecule has 6 nitrogen and oxygen atoms in total. The fraction of sp³-hybridized carbons (Fsp3) is 0.467. The van der Waals surface area contributed by atoms with Gasteiger partial charge in [0.15, 0.2) is 0 Å². The smallest absolute Gasteiger partial charge is 0.337 e. The lowest BCUT2D eigenvalue weighted by atomic mass is 10.00. The second-order valence-electron chi connectivity index (χ2n) is 5.80. The predicted molar refractivity (Wildman–Crippen MR) is 81.6 cm³/mol. The first-order valence-corrected chi connectivity index (χ1v) is 8.96. The number of hydrogen-bond acceptors (Lipinski definition) is 4. The van der Waals surface area contributed by atoms with Gasteiger partial charge in [-0.15, -0.1) is 0 Å². The monoisotopic (exact) mass is 375 g/mol. The Balaban J connectivity index is 2.05. The molecule has 2 N–H and O–H groups in total. The highest BCUT2D eigenvalue weighted by Crippen LogP contribution is 2.30. The summed E-state index contributed by atoms with van der Waals surface area (Å²) in [4.78, 5) is 11.3. The Labute approximate surface area is 143 Å². The lowest BCUT2D eigenvalue weighted by Crippen LogP contribution is -2.48. The number of nitrogens with one attached hydrogen (secondary N) is 2. The van der Waals surface area contributed by atoms with Crippen molar-refractivity contribution in [3.05, 3.63) is 29.8 Å². The lowest BCUT2D eigenvalue weighted by Gasteiger charge is -2.22. The van der Waals surface area contributed by atoms with Crippen molar-refractivity contribution < 1.29 is 26.4 Å². The summed E-state index contributed by atoms with van der Waals surface area (Å²) >= 11 is 0. The molecular formula is C15H16F3N3O3S. The molecule has 0 spiro atoms. The Kier molecular flexibility index (Phi) is 5.39. The van der Waals surface area contributed by atoms with Crippen LogP contribution in [0.5, 0.6) is 0 Å². The molecule has 1 aromatic rings. The second-order valence-corrected chi connectivity index (χ2v) is 7.57. The van der Waals surface area contributed by atoms with Crippen molar-refractivity contribution in [2.75, 3.05) is 6.54 Å². The summed E-state index contributed by atoms with van der Waals surface area (Å²) in [7, 11) is -4.29. The van der Waals surface area contributed by atoms with Crippen LogP contribution in [0.4, 0.5) is 13.2 Å². The Hall–Kier alpha value is -2.12. The number of carbonyl (C=O) groups is 1. The van der Waals surface area contributed by atoms with Gasteiger partial charge in [-0.25, -0.2) is 13.1 Å². The largest absolute Gasteiger partial charge is 0.416 e. The van der Waals surface area contributed by atoms with Crippen molar-refractivity contribution >= 4 is 15.9 Å². The van der Waals surface area contributed by atoms with E-state index in [1.165, 1.54) is 0 Å². The standard InChI is InChI=1S/C15H16F3N3O3S/c16-15(17,18)11-4-3-5-12(8-11)25(23,24)20-9-13(22)21-14(10-19)6-1-2-7-14/h3-5,8,20H,1-2,6-7,9H2,(H,21,22). The first-order chi connectivity index (χ1) is 11.6. The van der Waals surface area contributed by atoms with Gasteiger partial charge >= 0.3 is 6.18 Å². The van der Waals surface area contributed by atoms with E-state index in [1.807, 2.05) is 10.8 Å². The zero-order chi connectivity index (χ0) is 18.7. The zero-order valence-electron chi connectivity index (χ0n) is 13.1. The van der Waals surface area contributed by atoms with Crippen molar-refractivity contribution in [3.63, 3.8) is 0 Å². The van der Waals surface area contributed by atoms with E-state index in [2.05, 4.69) is 5.32 Å². The van der Waals surface area contributed by atoms with E-state index in [0.717, 1.165) is 31.0 Å². The van der Waals surface area contributed by atoms with Gasteiger partial charge in [0.2, 0.25) is 15.9 Å². The van der Waals surface area contributed by atoms with Crippen LogP contribution in [0.2, 0.25) is 0 Å². The summed E-state index contributed by atoms with van der Waals surface area (Å²) in [6.45, 7) is -0.665. The number of amides is 1. The van der Waals surface area contributed by atoms with E-state index in [-0.39, 0.29) is 0 Å². The quantitative estimate of drug-likeness (QED) is 0.822. The van der Waals surface area contributed by atoms with E-state index in [4.69, 9.17) is 5.26 Å². The van der Waals surface area contributed by atoms with Gasteiger partial charge in [-0.2, -0.15) is 18.4 Å². The number of halogens is 3. The average Bonchev–Trinajstić information content (AvgIpc) is 3.01. The van der Waals surface area contributed by atoms with Crippen LogP contribution in [-0.4, -0.2) is 26.4 Å². The van der Waals surface area contributed by atoms with Gasteiger partial charge in [-0.05, 0) is 43.9 Å². The third-order valence-corrected chi connectivity index (χ3v) is 5.34. The number of nitrogens with zero attached hydrogens (tertiary/aromatic N) is 1. The molecule has 136 valence electrons. The minimum absolute atomic E-state index is 0.482. The summed E-state index contributed by atoms with van der Waals surface area (Å²) in [5, 5.41) is 11.7. The molecule has 1 amide bonds. The number of hydrogen-bond donors (Lipinski definition) is 2.